The molecule has 1 aromatic carbocycles. The van der Waals surface area contributed by atoms with Gasteiger partial charge >= 0.3 is 18.2 Å². The van der Waals surface area contributed by atoms with Crippen LogP contribution in [0.3, 0.4) is 0 Å². The molecule has 1 heterocycles. The van der Waals surface area contributed by atoms with Crippen LogP contribution in [-0.4, -0.2) is 47.0 Å². The Hall–Kier alpha value is -3.10. The molecule has 0 unspecified atom stereocenters. The number of carbonyl (C=O) groups is 3. The fourth-order valence-electron chi connectivity index (χ4n) is 2.02. The number of nitrogens with one attached hydrogen (secondary N) is 1. The number of imidazole rings is 1. The van der Waals surface area contributed by atoms with Gasteiger partial charge in [0.15, 0.2) is 6.61 Å². The maximum Gasteiger partial charge on any atom is 0.422 e. The van der Waals surface area contributed by atoms with Gasteiger partial charge in [-0.1, -0.05) is 12.1 Å². The van der Waals surface area contributed by atoms with E-state index in [-0.39, 0.29) is 18.7 Å². The zero-order valence-corrected chi connectivity index (χ0v) is 14.1. The molecule has 0 aliphatic heterocycles. The molecule has 1 N–H and O–H groups in total. The van der Waals surface area contributed by atoms with E-state index in [4.69, 9.17) is 14.2 Å². The molecule has 0 bridgehead atoms. The van der Waals surface area contributed by atoms with Crippen LogP contribution in [0.2, 0.25) is 0 Å². The van der Waals surface area contributed by atoms with E-state index in [2.05, 4.69) is 10.3 Å². The number of hydrogen-bond donors (Lipinski definition) is 1. The first-order valence-electron chi connectivity index (χ1n) is 7.70. The standard InChI is InChI=1S/C16H19N3O6/c1-4-23-13(20)9-24-16(22)19-12-8-6-5-7-11(12)17-14(19)18-15(21)25-10(2)3/h5-8,10H,4,9H2,1-3H3,(H,17,18,21). The van der Waals surface area contributed by atoms with E-state index in [1.54, 1.807) is 45.0 Å². The summed E-state index contributed by atoms with van der Waals surface area (Å²) in [6, 6.07) is 6.74. The van der Waals surface area contributed by atoms with Crippen molar-refractivity contribution in [2.24, 2.45) is 0 Å². The van der Waals surface area contributed by atoms with E-state index >= 15 is 0 Å². The number of carbonyl (C=O) groups excluding carboxylic acids is 3. The highest BCUT2D eigenvalue weighted by atomic mass is 16.6. The maximum atomic E-state index is 12.4. The number of rotatable bonds is 5. The summed E-state index contributed by atoms with van der Waals surface area (Å²) in [7, 11) is 0. The van der Waals surface area contributed by atoms with E-state index in [1.165, 1.54) is 0 Å². The number of ether oxygens (including phenoxy) is 3. The van der Waals surface area contributed by atoms with Crippen LogP contribution < -0.4 is 5.32 Å². The van der Waals surface area contributed by atoms with Gasteiger partial charge in [-0.3, -0.25) is 5.32 Å². The van der Waals surface area contributed by atoms with Crippen molar-refractivity contribution >= 4 is 35.1 Å². The predicted molar refractivity (Wildman–Crippen MR) is 88.4 cm³/mol. The molecule has 134 valence electrons. The number of nitrogens with zero attached hydrogens (tertiary/aromatic N) is 2. The average Bonchev–Trinajstić information content (AvgIpc) is 2.89. The quantitative estimate of drug-likeness (QED) is 0.652. The van der Waals surface area contributed by atoms with Gasteiger partial charge in [0.1, 0.15) is 0 Å². The molecule has 0 saturated carbocycles. The summed E-state index contributed by atoms with van der Waals surface area (Å²) in [5, 5.41) is 2.40. The van der Waals surface area contributed by atoms with Crippen LogP contribution in [0.4, 0.5) is 15.5 Å². The Kier molecular flexibility index (Phi) is 5.93. The topological polar surface area (TPSA) is 109 Å². The second-order valence-corrected chi connectivity index (χ2v) is 5.20. The minimum atomic E-state index is -0.874. The number of hydrogen-bond acceptors (Lipinski definition) is 7. The zero-order valence-electron chi connectivity index (χ0n) is 14.1. The van der Waals surface area contributed by atoms with Gasteiger partial charge in [0.2, 0.25) is 5.95 Å². The summed E-state index contributed by atoms with van der Waals surface area (Å²) in [6.45, 7) is 4.66. The lowest BCUT2D eigenvalue weighted by molar-refractivity contribution is -0.146. The number of amides is 1. The minimum Gasteiger partial charge on any atom is -0.463 e. The molecule has 25 heavy (non-hydrogen) atoms. The molecule has 0 saturated heterocycles. The predicted octanol–water partition coefficient (Wildman–Crippen LogP) is 2.54. The Balaban J connectivity index is 2.26. The van der Waals surface area contributed by atoms with Gasteiger partial charge in [-0.15, -0.1) is 0 Å². The van der Waals surface area contributed by atoms with E-state index in [0.29, 0.717) is 11.0 Å². The van der Waals surface area contributed by atoms with E-state index in [1.807, 2.05) is 0 Å². The summed E-state index contributed by atoms with van der Waals surface area (Å²) in [5.74, 6) is -0.741. The van der Waals surface area contributed by atoms with Crippen molar-refractivity contribution in [1.82, 2.24) is 9.55 Å². The molecule has 0 spiro atoms. The van der Waals surface area contributed by atoms with Crippen LogP contribution in [0.25, 0.3) is 11.0 Å². The maximum absolute atomic E-state index is 12.4. The number of anilines is 1. The van der Waals surface area contributed by atoms with Crippen molar-refractivity contribution in [3.63, 3.8) is 0 Å². The highest BCUT2D eigenvalue weighted by molar-refractivity contribution is 5.94. The molecular weight excluding hydrogens is 330 g/mol. The Bertz CT molecular complexity index is 783. The normalized spacial score (nSPS) is 10.6. The molecule has 0 radical (unpaired) electrons. The Morgan fingerprint density at radius 2 is 1.92 bits per heavy atom. The van der Waals surface area contributed by atoms with Gasteiger partial charge in [0.05, 0.1) is 23.7 Å². The van der Waals surface area contributed by atoms with Crippen LogP contribution >= 0.6 is 0 Å². The lowest BCUT2D eigenvalue weighted by atomic mass is 10.3. The van der Waals surface area contributed by atoms with Gasteiger partial charge in [-0.25, -0.2) is 23.9 Å². The fraction of sp³-hybridized carbons (Fsp3) is 0.375. The summed E-state index contributed by atoms with van der Waals surface area (Å²) >= 11 is 0. The first-order valence-corrected chi connectivity index (χ1v) is 7.70. The summed E-state index contributed by atoms with van der Waals surface area (Å²) in [6.07, 6.45) is -1.97. The summed E-state index contributed by atoms with van der Waals surface area (Å²) < 4.78 is 15.7. The van der Waals surface area contributed by atoms with Crippen LogP contribution in [0.5, 0.6) is 0 Å². The van der Waals surface area contributed by atoms with Crippen molar-refractivity contribution in [1.29, 1.82) is 0 Å². The van der Waals surface area contributed by atoms with Gasteiger partial charge < -0.3 is 14.2 Å². The van der Waals surface area contributed by atoms with E-state index in [9.17, 15) is 14.4 Å². The third-order valence-electron chi connectivity index (χ3n) is 2.92. The molecule has 1 aromatic heterocycles. The number of fused-ring (bicyclic) bond motifs is 1. The van der Waals surface area contributed by atoms with Gasteiger partial charge in [0.25, 0.3) is 0 Å². The third-order valence-corrected chi connectivity index (χ3v) is 2.92. The number of esters is 1. The number of aromatic nitrogens is 2. The first kappa shape index (κ1) is 18.2. The molecule has 0 atom stereocenters. The molecule has 0 aliphatic carbocycles. The molecule has 2 aromatic rings. The molecule has 1 amide bonds. The van der Waals surface area contributed by atoms with Crippen molar-refractivity contribution in [2.45, 2.75) is 26.9 Å². The first-order chi connectivity index (χ1) is 11.9. The lowest BCUT2D eigenvalue weighted by Crippen LogP contribution is -2.24. The Morgan fingerprint density at radius 3 is 2.60 bits per heavy atom. The average molecular weight is 349 g/mol. The molecule has 2 rings (SSSR count). The monoisotopic (exact) mass is 349 g/mol. The second-order valence-electron chi connectivity index (χ2n) is 5.20. The van der Waals surface area contributed by atoms with E-state index in [0.717, 1.165) is 4.57 Å². The van der Waals surface area contributed by atoms with Crippen LogP contribution in [0.15, 0.2) is 24.3 Å². The molecule has 0 fully saturated rings. The van der Waals surface area contributed by atoms with Crippen molar-refractivity contribution in [3.8, 4) is 0 Å². The van der Waals surface area contributed by atoms with Gasteiger partial charge in [-0.2, -0.15) is 0 Å². The van der Waals surface area contributed by atoms with Gasteiger partial charge in [-0.05, 0) is 32.9 Å². The summed E-state index contributed by atoms with van der Waals surface area (Å²) in [5.41, 5.74) is 0.881. The fourth-order valence-corrected chi connectivity index (χ4v) is 2.02. The third kappa shape index (κ3) is 4.69. The van der Waals surface area contributed by atoms with Crippen LogP contribution in [-0.2, 0) is 19.0 Å². The Labute approximate surface area is 143 Å². The largest absolute Gasteiger partial charge is 0.463 e. The number of benzene rings is 1. The molecular formula is C16H19N3O6. The van der Waals surface area contributed by atoms with E-state index < -0.39 is 24.8 Å². The number of para-hydroxylation sites is 2. The van der Waals surface area contributed by atoms with Gasteiger partial charge in [0, 0.05) is 0 Å². The van der Waals surface area contributed by atoms with Crippen LogP contribution in [0, 0.1) is 0 Å². The molecule has 9 nitrogen and oxygen atoms in total. The molecule has 0 aliphatic rings. The highest BCUT2D eigenvalue weighted by Gasteiger charge is 2.21. The second kappa shape index (κ2) is 8.13. The Morgan fingerprint density at radius 1 is 1.20 bits per heavy atom. The zero-order chi connectivity index (χ0) is 18.4. The summed E-state index contributed by atoms with van der Waals surface area (Å²) in [4.78, 5) is 39.7. The van der Waals surface area contributed by atoms with Crippen molar-refractivity contribution < 1.29 is 28.6 Å². The molecule has 9 heteroatoms. The smallest absolute Gasteiger partial charge is 0.422 e. The highest BCUT2D eigenvalue weighted by Crippen LogP contribution is 2.20. The minimum absolute atomic E-state index is 0.0688. The van der Waals surface area contributed by atoms with Crippen molar-refractivity contribution in [2.75, 3.05) is 18.5 Å². The lowest BCUT2D eigenvalue weighted by Gasteiger charge is -2.11. The van der Waals surface area contributed by atoms with Crippen molar-refractivity contribution in [3.05, 3.63) is 24.3 Å². The van der Waals surface area contributed by atoms with Crippen LogP contribution in [0.1, 0.15) is 20.8 Å². The SMILES string of the molecule is CCOC(=O)COC(=O)n1c(NC(=O)OC(C)C)nc2ccccc21.